The standard InChI is InChI=1S/C21H25N3O/c1-17(25)12-13-22-14-20-16-24(15-18-8-4-2-5-9-18)23-21(20)19-10-6-3-7-11-19/h2-11,16-17,22,25H,12-15H2,1H3. The van der Waals surface area contributed by atoms with Crippen molar-refractivity contribution in [3.05, 3.63) is 78.0 Å². The molecule has 130 valence electrons. The number of nitrogens with one attached hydrogen (secondary N) is 1. The van der Waals surface area contributed by atoms with E-state index in [1.165, 1.54) is 11.1 Å². The Kier molecular flexibility index (Phi) is 5.99. The largest absolute Gasteiger partial charge is 0.393 e. The van der Waals surface area contributed by atoms with E-state index < -0.39 is 0 Å². The number of benzene rings is 2. The highest BCUT2D eigenvalue weighted by Gasteiger charge is 2.11. The van der Waals surface area contributed by atoms with E-state index in [0.29, 0.717) is 0 Å². The van der Waals surface area contributed by atoms with Crippen molar-refractivity contribution >= 4 is 0 Å². The molecule has 3 rings (SSSR count). The summed E-state index contributed by atoms with van der Waals surface area (Å²) in [6, 6.07) is 20.6. The van der Waals surface area contributed by atoms with Crippen LogP contribution in [-0.2, 0) is 13.1 Å². The van der Waals surface area contributed by atoms with Crippen LogP contribution in [-0.4, -0.2) is 27.5 Å². The molecule has 0 fully saturated rings. The minimum absolute atomic E-state index is 0.276. The second kappa shape index (κ2) is 8.60. The van der Waals surface area contributed by atoms with Crippen molar-refractivity contribution in [1.82, 2.24) is 15.1 Å². The summed E-state index contributed by atoms with van der Waals surface area (Å²) in [6.07, 6.45) is 2.59. The lowest BCUT2D eigenvalue weighted by molar-refractivity contribution is 0.183. The van der Waals surface area contributed by atoms with Gasteiger partial charge in [-0.05, 0) is 25.5 Å². The summed E-state index contributed by atoms with van der Waals surface area (Å²) in [4.78, 5) is 0. The SMILES string of the molecule is CC(O)CCNCc1cn(Cc2ccccc2)nc1-c1ccccc1. The van der Waals surface area contributed by atoms with Crippen molar-refractivity contribution in [2.24, 2.45) is 0 Å². The van der Waals surface area contributed by atoms with Crippen LogP contribution in [0.2, 0.25) is 0 Å². The third-order valence-electron chi connectivity index (χ3n) is 4.13. The number of hydrogen-bond acceptors (Lipinski definition) is 3. The van der Waals surface area contributed by atoms with Crippen LogP contribution in [0, 0.1) is 0 Å². The van der Waals surface area contributed by atoms with Crippen LogP contribution < -0.4 is 5.32 Å². The molecule has 1 aromatic heterocycles. The van der Waals surface area contributed by atoms with Gasteiger partial charge in [0.1, 0.15) is 0 Å². The minimum atomic E-state index is -0.276. The Morgan fingerprint density at radius 1 is 1.04 bits per heavy atom. The van der Waals surface area contributed by atoms with Gasteiger partial charge in [0.25, 0.3) is 0 Å². The van der Waals surface area contributed by atoms with E-state index in [1.54, 1.807) is 0 Å². The molecule has 0 aliphatic carbocycles. The summed E-state index contributed by atoms with van der Waals surface area (Å²) in [5, 5.41) is 17.6. The predicted octanol–water partition coefficient (Wildman–Crippen LogP) is 3.46. The van der Waals surface area contributed by atoms with Crippen molar-refractivity contribution < 1.29 is 5.11 Å². The fourth-order valence-electron chi connectivity index (χ4n) is 2.82. The highest BCUT2D eigenvalue weighted by atomic mass is 16.3. The highest BCUT2D eigenvalue weighted by Crippen LogP contribution is 2.22. The maximum absolute atomic E-state index is 9.39. The van der Waals surface area contributed by atoms with Gasteiger partial charge in [-0.3, -0.25) is 4.68 Å². The molecule has 0 spiro atoms. The number of rotatable bonds is 8. The Morgan fingerprint density at radius 2 is 1.72 bits per heavy atom. The van der Waals surface area contributed by atoms with Crippen molar-refractivity contribution in [2.75, 3.05) is 6.54 Å². The molecule has 0 amide bonds. The second-order valence-corrected chi connectivity index (χ2v) is 6.37. The molecule has 0 saturated heterocycles. The fourth-order valence-corrected chi connectivity index (χ4v) is 2.82. The van der Waals surface area contributed by atoms with Crippen LogP contribution in [0.4, 0.5) is 0 Å². The molecular weight excluding hydrogens is 310 g/mol. The number of hydrogen-bond donors (Lipinski definition) is 2. The average Bonchev–Trinajstić information content (AvgIpc) is 3.03. The first kappa shape index (κ1) is 17.4. The molecule has 1 atom stereocenters. The molecule has 25 heavy (non-hydrogen) atoms. The van der Waals surface area contributed by atoms with Crippen molar-refractivity contribution in [3.8, 4) is 11.3 Å². The van der Waals surface area contributed by atoms with Crippen LogP contribution in [0.1, 0.15) is 24.5 Å². The Hall–Kier alpha value is -2.43. The summed E-state index contributed by atoms with van der Waals surface area (Å²) in [5.41, 5.74) is 4.55. The molecule has 2 aromatic carbocycles. The van der Waals surface area contributed by atoms with E-state index in [-0.39, 0.29) is 6.10 Å². The lowest BCUT2D eigenvalue weighted by Crippen LogP contribution is -2.18. The van der Waals surface area contributed by atoms with Gasteiger partial charge in [0.15, 0.2) is 0 Å². The summed E-state index contributed by atoms with van der Waals surface area (Å²) in [7, 11) is 0. The smallest absolute Gasteiger partial charge is 0.0968 e. The first-order chi connectivity index (χ1) is 12.2. The molecule has 1 heterocycles. The number of aliphatic hydroxyl groups is 1. The van der Waals surface area contributed by atoms with E-state index in [2.05, 4.69) is 47.9 Å². The zero-order valence-electron chi connectivity index (χ0n) is 14.6. The van der Waals surface area contributed by atoms with Crippen LogP contribution in [0.25, 0.3) is 11.3 Å². The van der Waals surface area contributed by atoms with Gasteiger partial charge in [0.05, 0.1) is 18.3 Å². The van der Waals surface area contributed by atoms with Gasteiger partial charge >= 0.3 is 0 Å². The molecule has 3 aromatic rings. The lowest BCUT2D eigenvalue weighted by atomic mass is 10.1. The summed E-state index contributed by atoms with van der Waals surface area (Å²) >= 11 is 0. The topological polar surface area (TPSA) is 50.1 Å². The third kappa shape index (κ3) is 5.02. The Labute approximate surface area is 149 Å². The van der Waals surface area contributed by atoms with Gasteiger partial charge < -0.3 is 10.4 Å². The van der Waals surface area contributed by atoms with E-state index in [9.17, 15) is 5.11 Å². The summed E-state index contributed by atoms with van der Waals surface area (Å²) in [5.74, 6) is 0. The van der Waals surface area contributed by atoms with Gasteiger partial charge in [-0.1, -0.05) is 60.7 Å². The first-order valence-corrected chi connectivity index (χ1v) is 8.77. The third-order valence-corrected chi connectivity index (χ3v) is 4.13. The van der Waals surface area contributed by atoms with Gasteiger partial charge in [-0.15, -0.1) is 0 Å². The molecule has 0 bridgehead atoms. The van der Waals surface area contributed by atoms with Gasteiger partial charge in [-0.2, -0.15) is 5.10 Å². The number of aromatic nitrogens is 2. The highest BCUT2D eigenvalue weighted by molar-refractivity contribution is 5.62. The Bertz CT molecular complexity index is 766. The maximum Gasteiger partial charge on any atom is 0.0968 e. The van der Waals surface area contributed by atoms with Crippen LogP contribution in [0.3, 0.4) is 0 Å². The van der Waals surface area contributed by atoms with Gasteiger partial charge in [-0.25, -0.2) is 0 Å². The zero-order valence-corrected chi connectivity index (χ0v) is 14.6. The van der Waals surface area contributed by atoms with Crippen LogP contribution in [0.5, 0.6) is 0 Å². The van der Waals surface area contributed by atoms with E-state index >= 15 is 0 Å². The summed E-state index contributed by atoms with van der Waals surface area (Å²) < 4.78 is 2.00. The second-order valence-electron chi connectivity index (χ2n) is 6.37. The average molecular weight is 335 g/mol. The van der Waals surface area contributed by atoms with Crippen molar-refractivity contribution in [2.45, 2.75) is 32.5 Å². The Morgan fingerprint density at radius 3 is 2.40 bits per heavy atom. The van der Waals surface area contributed by atoms with Crippen LogP contribution >= 0.6 is 0 Å². The molecule has 1 unspecified atom stereocenters. The lowest BCUT2D eigenvalue weighted by Gasteiger charge is -2.06. The van der Waals surface area contributed by atoms with E-state index in [0.717, 1.165) is 37.3 Å². The zero-order chi connectivity index (χ0) is 17.5. The summed E-state index contributed by atoms with van der Waals surface area (Å²) in [6.45, 7) is 4.10. The van der Waals surface area contributed by atoms with E-state index in [1.807, 2.05) is 35.9 Å². The van der Waals surface area contributed by atoms with Crippen molar-refractivity contribution in [1.29, 1.82) is 0 Å². The number of nitrogens with zero attached hydrogens (tertiary/aromatic N) is 2. The van der Waals surface area contributed by atoms with Gasteiger partial charge in [0.2, 0.25) is 0 Å². The normalized spacial score (nSPS) is 12.2. The minimum Gasteiger partial charge on any atom is -0.393 e. The fraction of sp³-hybridized carbons (Fsp3) is 0.286. The maximum atomic E-state index is 9.39. The Balaban J connectivity index is 1.78. The van der Waals surface area contributed by atoms with Crippen molar-refractivity contribution in [3.63, 3.8) is 0 Å². The molecule has 0 aliphatic heterocycles. The molecule has 4 heteroatoms. The first-order valence-electron chi connectivity index (χ1n) is 8.77. The number of aliphatic hydroxyl groups excluding tert-OH is 1. The molecule has 0 radical (unpaired) electrons. The van der Waals surface area contributed by atoms with Crippen LogP contribution in [0.15, 0.2) is 66.9 Å². The molecule has 2 N–H and O–H groups in total. The quantitative estimate of drug-likeness (QED) is 0.620. The van der Waals surface area contributed by atoms with Gasteiger partial charge in [0, 0.05) is 23.9 Å². The molecule has 4 nitrogen and oxygen atoms in total. The van der Waals surface area contributed by atoms with E-state index in [4.69, 9.17) is 5.10 Å². The molecule has 0 saturated carbocycles. The predicted molar refractivity (Wildman–Crippen MR) is 101 cm³/mol. The molecular formula is C21H25N3O. The molecule has 0 aliphatic rings. The monoisotopic (exact) mass is 335 g/mol.